The van der Waals surface area contributed by atoms with Crippen LogP contribution in [-0.2, 0) is 12.8 Å². The van der Waals surface area contributed by atoms with Crippen LogP contribution < -0.4 is 11.1 Å². The van der Waals surface area contributed by atoms with Crippen LogP contribution in [0.1, 0.15) is 30.4 Å². The minimum Gasteiger partial charge on any atom is -0.370 e. The van der Waals surface area contributed by atoms with Crippen molar-refractivity contribution < 1.29 is 0 Å². The fourth-order valence-corrected chi connectivity index (χ4v) is 3.71. The standard InChI is InChI=1S/C19H31N5.HI/c1-23-11-5-12-24(15-14-23)13-10-21-19(20)22-18-9-4-7-16-6-2-3-8-17(16)18;/h4,7,9H,2-3,5-6,8,10-15H2,1H3,(H3,20,21,22);1H. The second-order valence-electron chi connectivity index (χ2n) is 7.04. The minimum atomic E-state index is 0. The Balaban J connectivity index is 0.00000225. The van der Waals surface area contributed by atoms with Gasteiger partial charge in [-0.25, -0.2) is 0 Å². The topological polar surface area (TPSA) is 56.9 Å². The lowest BCUT2D eigenvalue weighted by Gasteiger charge is -2.20. The predicted octanol–water partition coefficient (Wildman–Crippen LogP) is 2.55. The summed E-state index contributed by atoms with van der Waals surface area (Å²) in [5, 5.41) is 3.33. The zero-order valence-electron chi connectivity index (χ0n) is 15.3. The molecule has 3 N–H and O–H groups in total. The highest BCUT2D eigenvalue weighted by atomic mass is 127. The summed E-state index contributed by atoms with van der Waals surface area (Å²) in [4.78, 5) is 9.43. The molecule has 1 saturated heterocycles. The van der Waals surface area contributed by atoms with Crippen LogP contribution in [0.4, 0.5) is 5.69 Å². The molecule has 3 rings (SSSR count). The van der Waals surface area contributed by atoms with Crippen molar-refractivity contribution in [2.24, 2.45) is 10.7 Å². The maximum atomic E-state index is 6.12. The molecule has 5 nitrogen and oxygen atoms in total. The van der Waals surface area contributed by atoms with Gasteiger partial charge in [-0.1, -0.05) is 12.1 Å². The maximum Gasteiger partial charge on any atom is 0.193 e. The Bertz CT molecular complexity index is 575. The highest BCUT2D eigenvalue weighted by Crippen LogP contribution is 2.27. The molecule has 0 saturated carbocycles. The Morgan fingerprint density at radius 2 is 1.96 bits per heavy atom. The van der Waals surface area contributed by atoms with E-state index in [0.29, 0.717) is 5.96 Å². The van der Waals surface area contributed by atoms with E-state index in [4.69, 9.17) is 5.73 Å². The number of nitrogens with zero attached hydrogens (tertiary/aromatic N) is 3. The molecule has 0 bridgehead atoms. The van der Waals surface area contributed by atoms with Crippen LogP contribution in [0, 0.1) is 0 Å². The number of nitrogens with two attached hydrogens (primary N) is 1. The number of hydrogen-bond acceptors (Lipinski definition) is 3. The summed E-state index contributed by atoms with van der Waals surface area (Å²) in [7, 11) is 2.20. The van der Waals surface area contributed by atoms with Gasteiger partial charge in [0.2, 0.25) is 0 Å². The van der Waals surface area contributed by atoms with Gasteiger partial charge in [-0.3, -0.25) is 4.99 Å². The molecule has 6 heteroatoms. The largest absolute Gasteiger partial charge is 0.370 e. The van der Waals surface area contributed by atoms with Gasteiger partial charge in [-0.2, -0.15) is 0 Å². The summed E-state index contributed by atoms with van der Waals surface area (Å²) in [6, 6.07) is 6.48. The van der Waals surface area contributed by atoms with Gasteiger partial charge in [0.1, 0.15) is 0 Å². The van der Waals surface area contributed by atoms with Crippen LogP contribution in [0.25, 0.3) is 0 Å². The molecule has 1 heterocycles. The molecule has 0 amide bonds. The van der Waals surface area contributed by atoms with Crippen LogP contribution in [-0.4, -0.2) is 62.1 Å². The minimum absolute atomic E-state index is 0. The molecule has 2 aliphatic rings. The van der Waals surface area contributed by atoms with E-state index in [2.05, 4.69) is 45.4 Å². The Morgan fingerprint density at radius 3 is 2.84 bits per heavy atom. The quantitative estimate of drug-likeness (QED) is 0.415. The second kappa shape index (κ2) is 10.3. The number of nitrogens with one attached hydrogen (secondary N) is 1. The normalized spacial score (nSPS) is 19.6. The number of guanidine groups is 1. The first-order valence-corrected chi connectivity index (χ1v) is 9.31. The van der Waals surface area contributed by atoms with E-state index in [9.17, 15) is 0 Å². The fourth-order valence-electron chi connectivity index (χ4n) is 3.71. The summed E-state index contributed by atoms with van der Waals surface area (Å²) in [6.07, 6.45) is 6.14. The van der Waals surface area contributed by atoms with Gasteiger partial charge in [-0.05, 0) is 69.4 Å². The van der Waals surface area contributed by atoms with Gasteiger partial charge >= 0.3 is 0 Å². The molecule has 1 aliphatic heterocycles. The van der Waals surface area contributed by atoms with Crippen molar-refractivity contribution in [3.63, 3.8) is 0 Å². The zero-order chi connectivity index (χ0) is 16.8. The van der Waals surface area contributed by atoms with Crippen LogP contribution in [0.3, 0.4) is 0 Å². The third-order valence-electron chi connectivity index (χ3n) is 5.17. The van der Waals surface area contributed by atoms with Crippen molar-refractivity contribution in [1.82, 2.24) is 9.80 Å². The number of fused-ring (bicyclic) bond motifs is 1. The lowest BCUT2D eigenvalue weighted by atomic mass is 9.90. The van der Waals surface area contributed by atoms with E-state index in [-0.39, 0.29) is 24.0 Å². The number of anilines is 1. The van der Waals surface area contributed by atoms with Gasteiger partial charge in [0, 0.05) is 25.3 Å². The predicted molar refractivity (Wildman–Crippen MR) is 117 cm³/mol. The number of rotatable bonds is 4. The summed E-state index contributed by atoms with van der Waals surface area (Å²) in [5.74, 6) is 0.543. The summed E-state index contributed by atoms with van der Waals surface area (Å²) in [6.45, 7) is 6.39. The van der Waals surface area contributed by atoms with Gasteiger partial charge < -0.3 is 20.9 Å². The molecule has 0 unspecified atom stereocenters. The summed E-state index contributed by atoms with van der Waals surface area (Å²) >= 11 is 0. The van der Waals surface area contributed by atoms with Crippen LogP contribution >= 0.6 is 24.0 Å². The molecule has 1 aromatic rings. The van der Waals surface area contributed by atoms with E-state index < -0.39 is 0 Å². The maximum absolute atomic E-state index is 6.12. The molecular weight excluding hydrogens is 425 g/mol. The SMILES string of the molecule is CN1CCCN(CCN=C(N)Nc2cccc3c2CCCC3)CC1.I. The van der Waals surface area contributed by atoms with E-state index >= 15 is 0 Å². The lowest BCUT2D eigenvalue weighted by Crippen LogP contribution is -2.32. The van der Waals surface area contributed by atoms with Crippen molar-refractivity contribution >= 4 is 35.6 Å². The molecule has 0 spiro atoms. The average molecular weight is 457 g/mol. The van der Waals surface area contributed by atoms with Crippen LogP contribution in [0.2, 0.25) is 0 Å². The first-order valence-electron chi connectivity index (χ1n) is 9.31. The van der Waals surface area contributed by atoms with Gasteiger partial charge in [-0.15, -0.1) is 24.0 Å². The highest BCUT2D eigenvalue weighted by Gasteiger charge is 2.13. The van der Waals surface area contributed by atoms with E-state index in [1.807, 2.05) is 0 Å². The van der Waals surface area contributed by atoms with Crippen LogP contribution in [0.5, 0.6) is 0 Å². The van der Waals surface area contributed by atoms with Crippen molar-refractivity contribution in [3.8, 4) is 0 Å². The van der Waals surface area contributed by atoms with Crippen molar-refractivity contribution in [3.05, 3.63) is 29.3 Å². The molecule has 25 heavy (non-hydrogen) atoms. The third-order valence-corrected chi connectivity index (χ3v) is 5.17. The van der Waals surface area contributed by atoms with Gasteiger partial charge in [0.15, 0.2) is 5.96 Å². The van der Waals surface area contributed by atoms with Gasteiger partial charge in [0.25, 0.3) is 0 Å². The fraction of sp³-hybridized carbons (Fsp3) is 0.632. The summed E-state index contributed by atoms with van der Waals surface area (Å²) < 4.78 is 0. The summed E-state index contributed by atoms with van der Waals surface area (Å²) in [5.41, 5.74) is 10.2. The molecule has 0 aromatic heterocycles. The number of benzene rings is 1. The Morgan fingerprint density at radius 1 is 1.12 bits per heavy atom. The van der Waals surface area contributed by atoms with Gasteiger partial charge in [0.05, 0.1) is 6.54 Å². The Labute approximate surface area is 169 Å². The molecular formula is C19H32IN5. The lowest BCUT2D eigenvalue weighted by molar-refractivity contribution is 0.283. The molecule has 0 radical (unpaired) electrons. The average Bonchev–Trinajstić information content (AvgIpc) is 2.80. The van der Waals surface area contributed by atoms with E-state index in [0.717, 1.165) is 38.3 Å². The highest BCUT2D eigenvalue weighted by molar-refractivity contribution is 14.0. The number of aliphatic imine (C=N–C) groups is 1. The van der Waals surface area contributed by atoms with E-state index in [1.165, 1.54) is 49.9 Å². The molecule has 1 aliphatic carbocycles. The molecule has 1 aromatic carbocycles. The molecule has 0 atom stereocenters. The molecule has 1 fully saturated rings. The number of likely N-dealkylation sites (N-methyl/N-ethyl adjacent to an activating group) is 1. The third kappa shape index (κ3) is 6.11. The van der Waals surface area contributed by atoms with Crippen molar-refractivity contribution in [1.29, 1.82) is 0 Å². The zero-order valence-corrected chi connectivity index (χ0v) is 17.7. The molecule has 140 valence electrons. The number of aryl methyl sites for hydroxylation is 1. The Hall–Kier alpha value is -0.860. The first-order chi connectivity index (χ1) is 11.7. The van der Waals surface area contributed by atoms with Crippen LogP contribution in [0.15, 0.2) is 23.2 Å². The second-order valence-corrected chi connectivity index (χ2v) is 7.04. The van der Waals surface area contributed by atoms with E-state index in [1.54, 1.807) is 0 Å². The monoisotopic (exact) mass is 457 g/mol. The number of hydrogen-bond donors (Lipinski definition) is 2. The Kier molecular flexibility index (Phi) is 8.45. The van der Waals surface area contributed by atoms with Crippen molar-refractivity contribution in [2.45, 2.75) is 32.1 Å². The first kappa shape index (κ1) is 20.5. The number of halogens is 1. The smallest absolute Gasteiger partial charge is 0.193 e. The van der Waals surface area contributed by atoms with Crippen molar-refractivity contribution in [2.75, 3.05) is 51.6 Å².